The van der Waals surface area contributed by atoms with Gasteiger partial charge in [-0.1, -0.05) is 49.3 Å². The number of carbonyl (C=O) groups is 1. The zero-order valence-corrected chi connectivity index (χ0v) is 22.8. The molecule has 2 aliphatic rings. The Morgan fingerprint density at radius 3 is 2.58 bits per heavy atom. The van der Waals surface area contributed by atoms with Gasteiger partial charge in [-0.2, -0.15) is 0 Å². The number of oxime groups is 1. The molecule has 3 atom stereocenters. The molecule has 8 heteroatoms. The van der Waals surface area contributed by atoms with E-state index in [1.807, 2.05) is 54.6 Å². The van der Waals surface area contributed by atoms with Crippen LogP contribution in [0, 0.1) is 6.92 Å². The second-order valence-corrected chi connectivity index (χ2v) is 9.72. The number of benzene rings is 2. The number of hydrogen-bond acceptors (Lipinski definition) is 5. The average molecular weight is 507 g/mol. The van der Waals surface area contributed by atoms with Gasteiger partial charge in [-0.25, -0.2) is 4.98 Å². The van der Waals surface area contributed by atoms with Crippen LogP contribution < -0.4 is 10.0 Å². The second kappa shape index (κ2) is 10.8. The van der Waals surface area contributed by atoms with Gasteiger partial charge >= 0.3 is 0 Å². The van der Waals surface area contributed by atoms with Gasteiger partial charge in [0.2, 0.25) is 5.60 Å². The van der Waals surface area contributed by atoms with Gasteiger partial charge in [-0.05, 0) is 43.3 Å². The van der Waals surface area contributed by atoms with Crippen LogP contribution in [0.25, 0.3) is 5.69 Å². The summed E-state index contributed by atoms with van der Waals surface area (Å²) in [6.07, 6.45) is 5.71. The van der Waals surface area contributed by atoms with Crippen molar-refractivity contribution in [3.8, 4) is 11.4 Å². The Bertz CT molecular complexity index is 1250. The van der Waals surface area contributed by atoms with Gasteiger partial charge in [0.15, 0.2) is 0 Å². The fraction of sp³-hybridized carbons (Fsp3) is 0.393. The molecule has 1 saturated heterocycles. The Kier molecular flexibility index (Phi) is 7.79. The van der Waals surface area contributed by atoms with E-state index < -0.39 is 5.60 Å². The van der Waals surface area contributed by atoms with Crippen molar-refractivity contribution in [2.75, 3.05) is 13.7 Å². The van der Waals surface area contributed by atoms with E-state index in [1.54, 1.807) is 13.4 Å². The number of carbonyl (C=O) groups excluding carboxylic acids is 1. The smallest absolute Gasteiger partial charge is 0.270 e. The highest BCUT2D eigenvalue weighted by molar-refractivity contribution is 7.27. The number of piperidine rings is 1. The number of nitrogens with zero attached hydrogens (tertiary/aromatic N) is 4. The van der Waals surface area contributed by atoms with E-state index in [2.05, 4.69) is 50.6 Å². The molecule has 3 aromatic rings. The van der Waals surface area contributed by atoms with E-state index in [9.17, 15) is 4.79 Å². The molecule has 7 nitrogen and oxygen atoms in total. The lowest BCUT2D eigenvalue weighted by atomic mass is 9.84. The molecule has 2 aliphatic heterocycles. The first-order valence-corrected chi connectivity index (χ1v) is 13.1. The quantitative estimate of drug-likeness (QED) is 0.459. The Morgan fingerprint density at radius 1 is 1.17 bits per heavy atom. The van der Waals surface area contributed by atoms with E-state index in [4.69, 9.17) is 9.57 Å². The highest BCUT2D eigenvalue weighted by atomic mass is 31.0. The van der Waals surface area contributed by atoms with Crippen LogP contribution in [0.3, 0.4) is 0 Å². The van der Waals surface area contributed by atoms with Gasteiger partial charge in [0, 0.05) is 31.1 Å². The van der Waals surface area contributed by atoms with Crippen molar-refractivity contribution in [3.63, 3.8) is 0 Å². The minimum absolute atomic E-state index is 0.0115. The van der Waals surface area contributed by atoms with Crippen LogP contribution in [0.5, 0.6) is 5.75 Å². The van der Waals surface area contributed by atoms with Crippen LogP contribution in [-0.2, 0) is 9.63 Å². The minimum atomic E-state index is -0.935. The van der Waals surface area contributed by atoms with E-state index in [-0.39, 0.29) is 11.9 Å². The minimum Gasteiger partial charge on any atom is -0.495 e. The monoisotopic (exact) mass is 506 g/mol. The fourth-order valence-electron chi connectivity index (χ4n) is 4.83. The molecule has 3 unspecified atom stereocenters. The van der Waals surface area contributed by atoms with Crippen molar-refractivity contribution in [3.05, 3.63) is 71.8 Å². The maximum Gasteiger partial charge on any atom is 0.270 e. The van der Waals surface area contributed by atoms with Crippen LogP contribution in [0.4, 0.5) is 0 Å². The van der Waals surface area contributed by atoms with Crippen LogP contribution in [0.1, 0.15) is 62.9 Å². The third-order valence-electron chi connectivity index (χ3n) is 6.80. The molecular weight excluding hydrogens is 471 g/mol. The lowest BCUT2D eigenvalue weighted by Gasteiger charge is -2.40. The molecule has 1 spiro atoms. The topological polar surface area (TPSA) is 69.0 Å². The zero-order chi connectivity index (χ0) is 25.9. The highest BCUT2D eigenvalue weighted by Crippen LogP contribution is 2.39. The molecule has 0 aliphatic carbocycles. The van der Waals surface area contributed by atoms with Crippen LogP contribution in [0.2, 0.25) is 0 Å². The molecule has 0 saturated carbocycles. The van der Waals surface area contributed by atoms with Gasteiger partial charge in [0.1, 0.15) is 5.75 Å². The van der Waals surface area contributed by atoms with Gasteiger partial charge in [0.25, 0.3) is 5.91 Å². The number of methoxy groups -OCH3 is 1. The number of amides is 1. The van der Waals surface area contributed by atoms with E-state index in [1.165, 1.54) is 0 Å². The number of aromatic nitrogens is 2. The van der Waals surface area contributed by atoms with Crippen LogP contribution in [-0.4, -0.2) is 45.3 Å². The second-order valence-electron chi connectivity index (χ2n) is 9.05. The molecule has 2 aromatic carbocycles. The summed E-state index contributed by atoms with van der Waals surface area (Å²) in [5.41, 5.74) is 3.67. The lowest BCUT2D eigenvalue weighted by Crippen LogP contribution is -2.54. The highest BCUT2D eigenvalue weighted by Gasteiger charge is 2.51. The first-order chi connectivity index (χ1) is 17.4. The Hall–Kier alpha value is -3.18. The van der Waals surface area contributed by atoms with Crippen molar-refractivity contribution in [1.82, 2.24) is 14.5 Å². The fourth-order valence-corrected chi connectivity index (χ4v) is 5.03. The number of aryl methyl sites for hydroxylation is 1. The number of imidazole rings is 1. The summed E-state index contributed by atoms with van der Waals surface area (Å²) in [7, 11) is 4.34. The van der Waals surface area contributed by atoms with Crippen molar-refractivity contribution in [2.45, 2.75) is 58.6 Å². The largest absolute Gasteiger partial charge is 0.495 e. The summed E-state index contributed by atoms with van der Waals surface area (Å²) >= 11 is 0. The third kappa shape index (κ3) is 4.90. The van der Waals surface area contributed by atoms with E-state index in [0.29, 0.717) is 18.6 Å². The SMILES string of the molecule is CC.COc1cc(C2=NOC3(CCCN(C(C)c4ccc(P)cc4)C3=O)C2)ccc1-n1cnc(C)c1. The maximum absolute atomic E-state index is 13.7. The molecule has 1 aromatic heterocycles. The number of rotatable bonds is 5. The standard InChI is InChI=1S/C26H29N4O3P.C2H6/c1-17-15-29(16-27-17)23-10-7-20(13-24(23)32-3)22-14-26(33-28-22)11-4-12-30(25(26)31)18(2)19-5-8-21(34)9-6-19;1-2/h5-10,13,15-16,18H,4,11-12,14,34H2,1-3H3;1-2H3. The predicted molar refractivity (Wildman–Crippen MR) is 146 cm³/mol. The summed E-state index contributed by atoms with van der Waals surface area (Å²) in [5, 5.41) is 5.51. The molecule has 0 bridgehead atoms. The Balaban J connectivity index is 0.00000148. The van der Waals surface area contributed by atoms with Gasteiger partial charge in [0.05, 0.1) is 36.6 Å². The molecule has 36 heavy (non-hydrogen) atoms. The normalized spacial score (nSPS) is 19.9. The van der Waals surface area contributed by atoms with E-state index in [0.717, 1.165) is 46.5 Å². The Morgan fingerprint density at radius 2 is 1.92 bits per heavy atom. The number of likely N-dealkylation sites (tertiary alicyclic amines) is 1. The van der Waals surface area contributed by atoms with Crippen LogP contribution in [0.15, 0.2) is 60.1 Å². The van der Waals surface area contributed by atoms with Gasteiger partial charge < -0.3 is 19.0 Å². The first-order valence-electron chi connectivity index (χ1n) is 12.5. The molecule has 190 valence electrons. The molecule has 5 rings (SSSR count). The van der Waals surface area contributed by atoms with E-state index >= 15 is 0 Å². The lowest BCUT2D eigenvalue weighted by molar-refractivity contribution is -0.164. The molecule has 1 fully saturated rings. The summed E-state index contributed by atoms with van der Waals surface area (Å²) < 4.78 is 7.58. The first kappa shape index (κ1) is 25.9. The zero-order valence-electron chi connectivity index (χ0n) is 21.7. The summed E-state index contributed by atoms with van der Waals surface area (Å²) in [6, 6.07) is 14.2. The predicted octanol–water partition coefficient (Wildman–Crippen LogP) is 4.96. The number of hydrogen-bond donors (Lipinski definition) is 0. The molecule has 1 amide bonds. The van der Waals surface area contributed by atoms with Crippen molar-refractivity contribution in [2.24, 2.45) is 5.16 Å². The number of ether oxygens (including phenoxy) is 1. The summed E-state index contributed by atoms with van der Waals surface area (Å²) in [4.78, 5) is 25.8. The molecule has 3 heterocycles. The van der Waals surface area contributed by atoms with Gasteiger partial charge in [-0.3, -0.25) is 4.79 Å². The summed E-state index contributed by atoms with van der Waals surface area (Å²) in [6.45, 7) is 8.74. The molecule has 0 radical (unpaired) electrons. The van der Waals surface area contributed by atoms with Crippen molar-refractivity contribution in [1.29, 1.82) is 0 Å². The molecular formula is C28H35N4O3P. The third-order valence-corrected chi connectivity index (χ3v) is 7.19. The average Bonchev–Trinajstić information content (AvgIpc) is 3.54. The van der Waals surface area contributed by atoms with Gasteiger partial charge in [-0.15, -0.1) is 9.24 Å². The maximum atomic E-state index is 13.7. The Labute approximate surface area is 215 Å². The van der Waals surface area contributed by atoms with Crippen LogP contribution >= 0.6 is 9.24 Å². The summed E-state index contributed by atoms with van der Waals surface area (Å²) in [5.74, 6) is 0.721. The van der Waals surface area contributed by atoms with Crippen molar-refractivity contribution >= 4 is 26.2 Å². The van der Waals surface area contributed by atoms with Crippen molar-refractivity contribution < 1.29 is 14.4 Å². The molecule has 0 N–H and O–H groups in total.